The number of hydrogen-bond donors (Lipinski definition) is 0. The van der Waals surface area contributed by atoms with Crippen LogP contribution in [0.4, 0.5) is 17.1 Å². The first kappa shape index (κ1) is 31.7. The molecule has 2 heterocycles. The van der Waals surface area contributed by atoms with Crippen LogP contribution in [-0.4, -0.2) is 4.57 Å². The summed E-state index contributed by atoms with van der Waals surface area (Å²) < 4.78 is 8.91. The largest absolute Gasteiger partial charge is 0.456 e. The van der Waals surface area contributed by atoms with Crippen LogP contribution in [-0.2, 0) is 0 Å². The fourth-order valence-electron chi connectivity index (χ4n) is 9.09. The molecule has 3 heteroatoms. The van der Waals surface area contributed by atoms with Crippen molar-refractivity contribution in [2.75, 3.05) is 4.90 Å². The Morgan fingerprint density at radius 1 is 0.351 bits per heavy atom. The Kier molecular flexibility index (Phi) is 6.93. The van der Waals surface area contributed by atoms with Crippen LogP contribution in [0, 0.1) is 0 Å². The lowest BCUT2D eigenvalue weighted by molar-refractivity contribution is 0.487. The van der Waals surface area contributed by atoms with Gasteiger partial charge in [-0.1, -0.05) is 127 Å². The first-order chi connectivity index (χ1) is 28.2. The molecule has 1 aromatic heterocycles. The molecule has 0 aliphatic carbocycles. The van der Waals surface area contributed by atoms with Gasteiger partial charge in [0.05, 0.1) is 11.0 Å². The minimum absolute atomic E-state index is 0.885. The highest BCUT2D eigenvalue weighted by Gasteiger charge is 2.21. The maximum Gasteiger partial charge on any atom is 0.135 e. The van der Waals surface area contributed by atoms with Gasteiger partial charge >= 0.3 is 0 Å². The molecule has 0 fully saturated rings. The van der Waals surface area contributed by atoms with Crippen molar-refractivity contribution in [3.05, 3.63) is 206 Å². The topological polar surface area (TPSA) is 17.4 Å². The van der Waals surface area contributed by atoms with Crippen molar-refractivity contribution in [3.8, 4) is 39.4 Å². The number of hydrogen-bond acceptors (Lipinski definition) is 2. The lowest BCUT2D eigenvalue weighted by Crippen LogP contribution is -2.10. The van der Waals surface area contributed by atoms with E-state index in [9.17, 15) is 0 Å². The van der Waals surface area contributed by atoms with E-state index in [1.54, 1.807) is 0 Å². The van der Waals surface area contributed by atoms with Gasteiger partial charge in [0, 0.05) is 44.5 Å². The number of ether oxygens (including phenoxy) is 1. The summed E-state index contributed by atoms with van der Waals surface area (Å²) in [6.45, 7) is 0. The van der Waals surface area contributed by atoms with Crippen molar-refractivity contribution in [1.82, 2.24) is 4.57 Å². The van der Waals surface area contributed by atoms with E-state index in [-0.39, 0.29) is 0 Å². The Morgan fingerprint density at radius 3 is 1.91 bits per heavy atom. The third-order valence-electron chi connectivity index (χ3n) is 11.7. The molecule has 11 aromatic rings. The third kappa shape index (κ3) is 4.99. The second kappa shape index (κ2) is 12.5. The van der Waals surface area contributed by atoms with Gasteiger partial charge in [-0.25, -0.2) is 0 Å². The highest BCUT2D eigenvalue weighted by Crippen LogP contribution is 2.48. The first-order valence-corrected chi connectivity index (χ1v) is 19.5. The highest BCUT2D eigenvalue weighted by atomic mass is 16.5. The Labute approximate surface area is 329 Å². The molecule has 0 unspecified atom stereocenters. The van der Waals surface area contributed by atoms with Crippen molar-refractivity contribution in [2.24, 2.45) is 0 Å². The molecule has 57 heavy (non-hydrogen) atoms. The number of benzene rings is 10. The van der Waals surface area contributed by atoms with E-state index >= 15 is 0 Å². The summed E-state index contributed by atoms with van der Waals surface area (Å²) in [4.78, 5) is 2.39. The maximum atomic E-state index is 6.54. The van der Waals surface area contributed by atoms with E-state index in [1.807, 2.05) is 0 Å². The summed E-state index contributed by atoms with van der Waals surface area (Å²) in [5, 5.41) is 9.79. The molecule has 0 bridgehead atoms. The number of fused-ring (bicyclic) bond motifs is 8. The Morgan fingerprint density at radius 2 is 1.02 bits per heavy atom. The van der Waals surface area contributed by atoms with E-state index in [0.717, 1.165) is 50.9 Å². The summed E-state index contributed by atoms with van der Waals surface area (Å²) in [7, 11) is 0. The van der Waals surface area contributed by atoms with E-state index < -0.39 is 0 Å². The molecule has 0 spiro atoms. The van der Waals surface area contributed by atoms with Crippen LogP contribution in [0.1, 0.15) is 0 Å². The Hall–Kier alpha value is -7.62. The van der Waals surface area contributed by atoms with Gasteiger partial charge in [-0.2, -0.15) is 0 Å². The molecule has 0 atom stereocenters. The first-order valence-electron chi connectivity index (χ1n) is 19.5. The molecular weight excluding hydrogens is 693 g/mol. The summed E-state index contributed by atoms with van der Waals surface area (Å²) in [5.41, 5.74) is 11.4. The van der Waals surface area contributed by atoms with Crippen LogP contribution in [0.5, 0.6) is 11.5 Å². The molecule has 0 amide bonds. The average molecular weight is 727 g/mol. The summed E-state index contributed by atoms with van der Waals surface area (Å²) >= 11 is 0. The second-order valence-electron chi connectivity index (χ2n) is 14.9. The van der Waals surface area contributed by atoms with Gasteiger partial charge in [-0.05, 0) is 122 Å². The van der Waals surface area contributed by atoms with Crippen molar-refractivity contribution in [3.63, 3.8) is 0 Å². The molecule has 3 nitrogen and oxygen atoms in total. The lowest BCUT2D eigenvalue weighted by atomic mass is 9.93. The minimum Gasteiger partial charge on any atom is -0.456 e. The zero-order chi connectivity index (χ0) is 37.5. The molecular formula is C54H34N2O. The monoisotopic (exact) mass is 726 g/mol. The van der Waals surface area contributed by atoms with Crippen molar-refractivity contribution >= 4 is 71.2 Å². The van der Waals surface area contributed by atoms with Gasteiger partial charge in [0.1, 0.15) is 11.5 Å². The smallest absolute Gasteiger partial charge is 0.135 e. The second-order valence-corrected chi connectivity index (χ2v) is 14.9. The predicted octanol–water partition coefficient (Wildman–Crippen LogP) is 15.2. The van der Waals surface area contributed by atoms with Gasteiger partial charge in [0.2, 0.25) is 0 Å². The van der Waals surface area contributed by atoms with Crippen LogP contribution in [0.3, 0.4) is 0 Å². The summed E-state index contributed by atoms with van der Waals surface area (Å²) in [6.07, 6.45) is 0. The summed E-state index contributed by atoms with van der Waals surface area (Å²) in [5.74, 6) is 1.79. The number of rotatable bonds is 5. The number of nitrogens with zero attached hydrogens (tertiary/aromatic N) is 2. The van der Waals surface area contributed by atoms with Crippen LogP contribution < -0.4 is 9.64 Å². The molecule has 1 aliphatic rings. The lowest BCUT2D eigenvalue weighted by Gasteiger charge is -2.26. The molecule has 12 rings (SSSR count). The molecule has 0 saturated carbocycles. The number of para-hydroxylation sites is 2. The van der Waals surface area contributed by atoms with Gasteiger partial charge in [0.25, 0.3) is 0 Å². The SMILES string of the molecule is c1ccc(-n2c3ccccc3c3cc(N(c4ccc(-c5ccc6c(c5)Oc5cccc7cccc-6c57)cc4)c4ccc5c(ccc6ccccc65)c4)ccc32)cc1. The molecule has 266 valence electrons. The molecule has 0 N–H and O–H groups in total. The van der Waals surface area contributed by atoms with Crippen LogP contribution in [0.25, 0.3) is 82.1 Å². The fraction of sp³-hybridized carbons (Fsp3) is 0. The van der Waals surface area contributed by atoms with Crippen LogP contribution >= 0.6 is 0 Å². The fourth-order valence-corrected chi connectivity index (χ4v) is 9.09. The van der Waals surface area contributed by atoms with Gasteiger partial charge in [-0.15, -0.1) is 0 Å². The van der Waals surface area contributed by atoms with E-state index in [0.29, 0.717) is 0 Å². The highest BCUT2D eigenvalue weighted by molar-refractivity contribution is 6.12. The zero-order valence-corrected chi connectivity index (χ0v) is 30.9. The quantitative estimate of drug-likeness (QED) is 0.164. The number of aromatic nitrogens is 1. The molecule has 1 aliphatic heterocycles. The third-order valence-corrected chi connectivity index (χ3v) is 11.7. The Bertz CT molecular complexity index is 3370. The van der Waals surface area contributed by atoms with Gasteiger partial charge in [0.15, 0.2) is 0 Å². The van der Waals surface area contributed by atoms with Crippen molar-refractivity contribution in [2.45, 2.75) is 0 Å². The zero-order valence-electron chi connectivity index (χ0n) is 30.9. The predicted molar refractivity (Wildman–Crippen MR) is 239 cm³/mol. The maximum absolute atomic E-state index is 6.54. The van der Waals surface area contributed by atoms with E-state index in [4.69, 9.17) is 4.74 Å². The normalized spacial score (nSPS) is 12.0. The van der Waals surface area contributed by atoms with E-state index in [1.165, 1.54) is 59.7 Å². The Balaban J connectivity index is 0.998. The number of anilines is 3. The van der Waals surface area contributed by atoms with Crippen LogP contribution in [0.15, 0.2) is 206 Å². The molecule has 0 saturated heterocycles. The van der Waals surface area contributed by atoms with Crippen molar-refractivity contribution < 1.29 is 4.74 Å². The molecule has 10 aromatic carbocycles. The van der Waals surface area contributed by atoms with E-state index in [2.05, 4.69) is 216 Å². The minimum atomic E-state index is 0.885. The standard InChI is InChI=1S/C54H34N2O/c1-2-13-40(14-3-1)56-50-18-7-6-16-46(50)49-34-43(28-31-51(49)56)55(42-27-30-45-39(32-42)21-20-36-10-4-5-15-44(36)45)41-25-22-35(23-26-41)38-24-29-47-48-17-8-11-37-12-9-19-52(54(37)48)57-53(47)33-38/h1-34H. The average Bonchev–Trinajstić information content (AvgIpc) is 3.61. The molecule has 0 radical (unpaired) electrons. The van der Waals surface area contributed by atoms with Gasteiger partial charge < -0.3 is 14.2 Å². The van der Waals surface area contributed by atoms with Crippen molar-refractivity contribution in [1.29, 1.82) is 0 Å². The summed E-state index contributed by atoms with van der Waals surface area (Å²) in [6, 6.07) is 74.6. The van der Waals surface area contributed by atoms with Crippen LogP contribution in [0.2, 0.25) is 0 Å². The van der Waals surface area contributed by atoms with Gasteiger partial charge in [-0.3, -0.25) is 0 Å².